The van der Waals surface area contributed by atoms with Crippen molar-refractivity contribution >= 4 is 23.9 Å². The van der Waals surface area contributed by atoms with Crippen LogP contribution >= 0.6 is 11.9 Å². The molecule has 0 heterocycles. The Bertz CT molecular complexity index is 220. The summed E-state index contributed by atoms with van der Waals surface area (Å²) < 4.78 is 0. The number of rotatable bonds is 3. The first-order valence-electron chi connectivity index (χ1n) is 3.37. The van der Waals surface area contributed by atoms with Crippen LogP contribution in [0.2, 0.25) is 0 Å². The molecule has 11 heavy (non-hydrogen) atoms. The van der Waals surface area contributed by atoms with Crippen LogP contribution in [0.1, 0.15) is 13.3 Å². The third kappa shape index (κ3) is 2.48. The summed E-state index contributed by atoms with van der Waals surface area (Å²) in [6.45, 7) is 1.85. The van der Waals surface area contributed by atoms with E-state index in [-0.39, 0.29) is 0 Å². The number of nitrogens with one attached hydrogen (secondary N) is 1. The van der Waals surface area contributed by atoms with Gasteiger partial charge >= 0.3 is 0 Å². The van der Waals surface area contributed by atoms with Crippen LogP contribution in [0.5, 0.6) is 0 Å². The Hall–Kier alpha value is -0.610. The first-order chi connectivity index (χ1) is 5.27. The Morgan fingerprint density at radius 1 is 1.91 bits per heavy atom. The minimum Gasteiger partial charge on any atom is -0.308 e. The first-order valence-corrected chi connectivity index (χ1v) is 4.31. The van der Waals surface area contributed by atoms with Gasteiger partial charge in [-0.2, -0.15) is 0 Å². The average Bonchev–Trinajstić information content (AvgIpc) is 2.78. The van der Waals surface area contributed by atoms with Gasteiger partial charge in [-0.15, -0.1) is 0 Å². The smallest absolute Gasteiger partial charge is 0.0626 e. The van der Waals surface area contributed by atoms with Crippen LogP contribution < -0.4 is 5.14 Å². The molecule has 0 aliphatic heterocycles. The van der Waals surface area contributed by atoms with Crippen LogP contribution in [0, 0.1) is 5.41 Å². The molecule has 60 valence electrons. The van der Waals surface area contributed by atoms with Gasteiger partial charge in [-0.3, -0.25) is 10.1 Å². The van der Waals surface area contributed by atoms with Crippen LogP contribution in [0.15, 0.2) is 16.8 Å². The minimum atomic E-state index is 0.435. The molecule has 1 fully saturated rings. The summed E-state index contributed by atoms with van der Waals surface area (Å²) in [6, 6.07) is 0. The summed E-state index contributed by atoms with van der Waals surface area (Å²) in [7, 11) is 0. The van der Waals surface area contributed by atoms with Crippen LogP contribution in [0.4, 0.5) is 0 Å². The topological polar surface area (TPSA) is 62.2 Å². The van der Waals surface area contributed by atoms with E-state index in [0.29, 0.717) is 5.25 Å². The summed E-state index contributed by atoms with van der Waals surface area (Å²) in [5, 5.41) is 12.6. The van der Waals surface area contributed by atoms with Gasteiger partial charge in [-0.1, -0.05) is 11.9 Å². The van der Waals surface area contributed by atoms with E-state index >= 15 is 0 Å². The largest absolute Gasteiger partial charge is 0.308 e. The molecule has 3 nitrogen and oxygen atoms in total. The van der Waals surface area contributed by atoms with Crippen LogP contribution in [-0.4, -0.2) is 17.2 Å². The molecule has 1 aliphatic rings. The fourth-order valence-corrected chi connectivity index (χ4v) is 1.10. The normalized spacial score (nSPS) is 27.3. The van der Waals surface area contributed by atoms with Crippen molar-refractivity contribution < 1.29 is 0 Å². The highest BCUT2D eigenvalue weighted by molar-refractivity contribution is 7.99. The summed E-state index contributed by atoms with van der Waals surface area (Å²) in [6.07, 6.45) is 4.00. The Balaban J connectivity index is 2.44. The van der Waals surface area contributed by atoms with Gasteiger partial charge in [0.2, 0.25) is 0 Å². The Labute approximate surface area is 70.4 Å². The zero-order valence-electron chi connectivity index (χ0n) is 6.37. The van der Waals surface area contributed by atoms with Gasteiger partial charge in [0.25, 0.3) is 0 Å². The molecule has 0 bridgehead atoms. The Kier molecular flexibility index (Phi) is 2.84. The summed E-state index contributed by atoms with van der Waals surface area (Å²) in [5.41, 5.74) is 2.00. The molecule has 0 amide bonds. The molecule has 1 aliphatic carbocycles. The molecule has 1 unspecified atom stereocenters. The number of hydrogen-bond acceptors (Lipinski definition) is 4. The van der Waals surface area contributed by atoms with E-state index in [2.05, 4.69) is 4.99 Å². The van der Waals surface area contributed by atoms with E-state index in [0.717, 1.165) is 17.7 Å². The molecule has 3 N–H and O–H groups in total. The highest BCUT2D eigenvalue weighted by Crippen LogP contribution is 2.27. The highest BCUT2D eigenvalue weighted by atomic mass is 32.2. The van der Waals surface area contributed by atoms with Crippen molar-refractivity contribution in [3.63, 3.8) is 0 Å². The number of allylic oxidation sites excluding steroid dienone is 1. The second-order valence-corrected chi connectivity index (χ2v) is 3.31. The van der Waals surface area contributed by atoms with Crippen LogP contribution in [-0.2, 0) is 0 Å². The lowest BCUT2D eigenvalue weighted by Crippen LogP contribution is -1.85. The summed E-state index contributed by atoms with van der Waals surface area (Å²) in [5.74, 6) is 0. The third-order valence-electron chi connectivity index (χ3n) is 1.43. The fraction of sp³-hybridized carbons (Fsp3) is 0.429. The van der Waals surface area contributed by atoms with Crippen molar-refractivity contribution in [1.82, 2.24) is 0 Å². The quantitative estimate of drug-likeness (QED) is 0.495. The average molecular weight is 169 g/mol. The van der Waals surface area contributed by atoms with Crippen LogP contribution in [0.3, 0.4) is 0 Å². The van der Waals surface area contributed by atoms with Crippen molar-refractivity contribution in [3.8, 4) is 0 Å². The molecular formula is C7H11N3S. The van der Waals surface area contributed by atoms with Gasteiger partial charge in [0.15, 0.2) is 0 Å². The molecule has 1 saturated carbocycles. The van der Waals surface area contributed by atoms with Gasteiger partial charge < -0.3 is 5.41 Å². The summed E-state index contributed by atoms with van der Waals surface area (Å²) >= 11 is 1.34. The Morgan fingerprint density at radius 2 is 2.64 bits per heavy atom. The summed E-state index contributed by atoms with van der Waals surface area (Å²) in [4.78, 5) is 4.16. The molecule has 1 atom stereocenters. The van der Waals surface area contributed by atoms with Crippen molar-refractivity contribution in [2.45, 2.75) is 18.6 Å². The highest BCUT2D eigenvalue weighted by Gasteiger charge is 2.30. The van der Waals surface area contributed by atoms with E-state index in [4.69, 9.17) is 10.5 Å². The van der Waals surface area contributed by atoms with Crippen molar-refractivity contribution in [2.75, 3.05) is 0 Å². The van der Waals surface area contributed by atoms with Gasteiger partial charge in [-0.25, -0.2) is 0 Å². The van der Waals surface area contributed by atoms with E-state index in [9.17, 15) is 0 Å². The van der Waals surface area contributed by atoms with E-state index in [1.165, 1.54) is 18.2 Å². The van der Waals surface area contributed by atoms with Crippen LogP contribution in [0.25, 0.3) is 0 Å². The molecule has 0 spiro atoms. The maximum atomic E-state index is 6.88. The lowest BCUT2D eigenvalue weighted by Gasteiger charge is -1.83. The third-order valence-corrected chi connectivity index (χ3v) is 2.20. The van der Waals surface area contributed by atoms with E-state index in [1.54, 1.807) is 6.20 Å². The number of nitrogens with two attached hydrogens (primary N) is 1. The standard InChI is InChI=1S/C7H11N3S/c1-5(3-8)4-10-6-2-7(6)11-9/h3-4,7-8H,2,9H2,1H3/b5-4-,8-3?,10-6-. The predicted molar refractivity (Wildman–Crippen MR) is 50.2 cm³/mol. The monoisotopic (exact) mass is 169 g/mol. The Morgan fingerprint density at radius 3 is 3.09 bits per heavy atom. The predicted octanol–water partition coefficient (Wildman–Crippen LogP) is 1.36. The number of aliphatic imine (C=N–C) groups is 1. The molecule has 0 aromatic rings. The van der Waals surface area contributed by atoms with Gasteiger partial charge in [-0.05, 0) is 12.5 Å². The SMILES string of the molecule is C/C(C=N)=C/N=C1/CC1SN. The van der Waals surface area contributed by atoms with E-state index < -0.39 is 0 Å². The molecule has 0 radical (unpaired) electrons. The second kappa shape index (κ2) is 3.69. The molecule has 0 aromatic heterocycles. The van der Waals surface area contributed by atoms with Crippen molar-refractivity contribution in [1.29, 1.82) is 5.41 Å². The maximum absolute atomic E-state index is 6.88. The zero-order chi connectivity index (χ0) is 8.27. The van der Waals surface area contributed by atoms with Crippen molar-refractivity contribution in [3.05, 3.63) is 11.8 Å². The number of hydrogen-bond donors (Lipinski definition) is 2. The van der Waals surface area contributed by atoms with Gasteiger partial charge in [0, 0.05) is 24.5 Å². The van der Waals surface area contributed by atoms with Gasteiger partial charge in [0.05, 0.1) is 5.25 Å². The molecule has 0 aromatic carbocycles. The minimum absolute atomic E-state index is 0.435. The first kappa shape index (κ1) is 8.49. The van der Waals surface area contributed by atoms with Gasteiger partial charge in [0.1, 0.15) is 0 Å². The molecule has 1 rings (SSSR count). The van der Waals surface area contributed by atoms with Crippen molar-refractivity contribution in [2.24, 2.45) is 10.1 Å². The van der Waals surface area contributed by atoms with E-state index in [1.807, 2.05) is 6.92 Å². The molecular weight excluding hydrogens is 158 g/mol. The fourth-order valence-electron chi connectivity index (χ4n) is 0.616. The molecule has 0 saturated heterocycles. The molecule has 4 heteroatoms. The lowest BCUT2D eigenvalue weighted by atomic mass is 10.4. The second-order valence-electron chi connectivity index (χ2n) is 2.47. The lowest BCUT2D eigenvalue weighted by molar-refractivity contribution is 1.44. The zero-order valence-corrected chi connectivity index (χ0v) is 7.19. The number of nitrogens with zero attached hydrogens (tertiary/aromatic N) is 1. The maximum Gasteiger partial charge on any atom is 0.0626 e.